The monoisotopic (exact) mass is 514 g/mol. The summed E-state index contributed by atoms with van der Waals surface area (Å²) in [6, 6.07) is 14.7. The summed E-state index contributed by atoms with van der Waals surface area (Å²) in [6.45, 7) is 5.23. The highest BCUT2D eigenvalue weighted by Crippen LogP contribution is 2.41. The third-order valence-corrected chi connectivity index (χ3v) is 7.80. The summed E-state index contributed by atoms with van der Waals surface area (Å²) in [5, 5.41) is 3.15. The highest BCUT2D eigenvalue weighted by molar-refractivity contribution is 7.10. The maximum Gasteiger partial charge on any atom is 0.254 e. The van der Waals surface area contributed by atoms with E-state index in [-0.39, 0.29) is 24.4 Å². The first-order valence-corrected chi connectivity index (χ1v) is 13.2. The Labute approximate surface area is 215 Å². The molecule has 4 nitrogen and oxygen atoms in total. The van der Waals surface area contributed by atoms with Crippen LogP contribution in [0.1, 0.15) is 57.7 Å². The lowest BCUT2D eigenvalue weighted by molar-refractivity contribution is -0.134. The van der Waals surface area contributed by atoms with Gasteiger partial charge in [0.25, 0.3) is 5.91 Å². The molecule has 0 saturated heterocycles. The van der Waals surface area contributed by atoms with Gasteiger partial charge in [0.05, 0.1) is 6.04 Å². The highest BCUT2D eigenvalue weighted by atomic mass is 35.5. The Hall–Kier alpha value is -2.34. The van der Waals surface area contributed by atoms with Crippen LogP contribution in [0.5, 0.6) is 0 Å². The predicted molar refractivity (Wildman–Crippen MR) is 140 cm³/mol. The molecule has 1 aromatic heterocycles. The van der Waals surface area contributed by atoms with Crippen LogP contribution in [0.3, 0.4) is 0 Å². The zero-order valence-electron chi connectivity index (χ0n) is 19.4. The molecule has 2 amide bonds. The van der Waals surface area contributed by atoms with Gasteiger partial charge in [-0.3, -0.25) is 9.59 Å². The quantitative estimate of drug-likeness (QED) is 0.348. The first-order valence-electron chi connectivity index (χ1n) is 11.6. The van der Waals surface area contributed by atoms with Gasteiger partial charge in [-0.05, 0) is 66.6 Å². The summed E-state index contributed by atoms with van der Waals surface area (Å²) in [5.41, 5.74) is 3.64. The minimum absolute atomic E-state index is 0.0356. The zero-order valence-corrected chi connectivity index (χ0v) is 21.7. The first-order chi connectivity index (χ1) is 16.4. The van der Waals surface area contributed by atoms with E-state index in [1.54, 1.807) is 28.4 Å². The molecule has 1 unspecified atom stereocenters. The highest BCUT2D eigenvalue weighted by Gasteiger charge is 2.35. The van der Waals surface area contributed by atoms with Crippen LogP contribution in [0.15, 0.2) is 53.9 Å². The van der Waals surface area contributed by atoms with Crippen molar-refractivity contribution in [1.29, 1.82) is 0 Å². The number of hydrogen-bond donors (Lipinski definition) is 0. The molecule has 2 aromatic carbocycles. The van der Waals surface area contributed by atoms with Crippen LogP contribution in [0.4, 0.5) is 0 Å². The van der Waals surface area contributed by atoms with Crippen molar-refractivity contribution in [1.82, 2.24) is 9.80 Å². The van der Waals surface area contributed by atoms with Crippen molar-refractivity contribution in [3.8, 4) is 0 Å². The van der Waals surface area contributed by atoms with E-state index in [4.69, 9.17) is 23.2 Å². The summed E-state index contributed by atoms with van der Waals surface area (Å²) in [6.07, 6.45) is 2.57. The van der Waals surface area contributed by atoms with Crippen LogP contribution in [0.2, 0.25) is 10.0 Å². The van der Waals surface area contributed by atoms with Crippen molar-refractivity contribution in [3.05, 3.63) is 91.1 Å². The van der Waals surface area contributed by atoms with Crippen LogP contribution in [0, 0.1) is 6.92 Å². The fourth-order valence-electron chi connectivity index (χ4n) is 4.38. The summed E-state index contributed by atoms with van der Waals surface area (Å²) in [5.74, 6) is -0.194. The van der Waals surface area contributed by atoms with Gasteiger partial charge in [-0.1, -0.05) is 60.3 Å². The topological polar surface area (TPSA) is 40.6 Å². The lowest BCUT2D eigenvalue weighted by atomic mass is 9.93. The Morgan fingerprint density at radius 3 is 2.56 bits per heavy atom. The second kappa shape index (κ2) is 10.9. The molecular weight excluding hydrogens is 487 g/mol. The molecule has 1 atom stereocenters. The molecule has 4 rings (SSSR count). The van der Waals surface area contributed by atoms with Crippen molar-refractivity contribution in [3.63, 3.8) is 0 Å². The van der Waals surface area contributed by atoms with E-state index in [0.29, 0.717) is 28.7 Å². The average molecular weight is 516 g/mol. The van der Waals surface area contributed by atoms with Crippen LogP contribution >= 0.6 is 34.5 Å². The largest absolute Gasteiger partial charge is 0.330 e. The maximum atomic E-state index is 13.7. The minimum atomic E-state index is -0.297. The Morgan fingerprint density at radius 1 is 1.09 bits per heavy atom. The van der Waals surface area contributed by atoms with Gasteiger partial charge in [-0.15, -0.1) is 11.3 Å². The van der Waals surface area contributed by atoms with Gasteiger partial charge in [0.15, 0.2) is 0 Å². The fraction of sp³-hybridized carbons (Fsp3) is 0.333. The molecule has 0 spiro atoms. The predicted octanol–water partition coefficient (Wildman–Crippen LogP) is 6.78. The SMILES string of the molecule is CCCCN(CC(=O)N1CCc2sccc2C1c1ccc(Cl)cc1Cl)C(=O)c1ccc(C)cc1. The van der Waals surface area contributed by atoms with E-state index >= 15 is 0 Å². The van der Waals surface area contributed by atoms with Crippen molar-refractivity contribution in [2.45, 2.75) is 39.2 Å². The molecule has 34 heavy (non-hydrogen) atoms. The number of benzene rings is 2. The number of thiophene rings is 1. The van der Waals surface area contributed by atoms with Crippen LogP contribution in [-0.2, 0) is 11.2 Å². The minimum Gasteiger partial charge on any atom is -0.330 e. The second-order valence-corrected chi connectivity index (χ2v) is 10.5. The lowest BCUT2D eigenvalue weighted by Gasteiger charge is -2.38. The molecule has 178 valence electrons. The molecule has 0 radical (unpaired) electrons. The fourth-order valence-corrected chi connectivity index (χ4v) is 5.79. The number of carbonyl (C=O) groups is 2. The maximum absolute atomic E-state index is 13.7. The van der Waals surface area contributed by atoms with E-state index in [1.165, 1.54) is 4.88 Å². The molecule has 0 bridgehead atoms. The number of halogens is 2. The molecule has 1 aliphatic heterocycles. The van der Waals surface area contributed by atoms with E-state index < -0.39 is 0 Å². The molecular formula is C27H28Cl2N2O2S. The molecule has 3 aromatic rings. The zero-order chi connectivity index (χ0) is 24.2. The van der Waals surface area contributed by atoms with Gasteiger partial charge >= 0.3 is 0 Å². The number of carbonyl (C=O) groups excluding carboxylic acids is 2. The van der Waals surface area contributed by atoms with E-state index in [1.807, 2.05) is 42.2 Å². The number of nitrogens with zero attached hydrogens (tertiary/aromatic N) is 2. The summed E-state index contributed by atoms with van der Waals surface area (Å²) < 4.78 is 0. The summed E-state index contributed by atoms with van der Waals surface area (Å²) in [7, 11) is 0. The Balaban J connectivity index is 1.63. The Bertz CT molecular complexity index is 1180. The summed E-state index contributed by atoms with van der Waals surface area (Å²) >= 11 is 14.5. The number of hydrogen-bond acceptors (Lipinski definition) is 3. The van der Waals surface area contributed by atoms with Gasteiger partial charge in [0, 0.05) is 33.6 Å². The van der Waals surface area contributed by atoms with Gasteiger partial charge in [0.1, 0.15) is 6.54 Å². The number of amides is 2. The van der Waals surface area contributed by atoms with Crippen molar-refractivity contribution in [2.75, 3.05) is 19.6 Å². The second-order valence-electron chi connectivity index (χ2n) is 8.65. The van der Waals surface area contributed by atoms with E-state index in [9.17, 15) is 9.59 Å². The third-order valence-electron chi connectivity index (χ3n) is 6.24. The third kappa shape index (κ3) is 5.32. The number of unbranched alkanes of at least 4 members (excludes halogenated alkanes) is 1. The van der Waals surface area contributed by atoms with Crippen molar-refractivity contribution in [2.24, 2.45) is 0 Å². The molecule has 2 heterocycles. The molecule has 7 heteroatoms. The van der Waals surface area contributed by atoms with Crippen LogP contribution in [-0.4, -0.2) is 41.2 Å². The molecule has 0 fully saturated rings. The number of aryl methyl sites for hydroxylation is 1. The van der Waals surface area contributed by atoms with Gasteiger partial charge in [-0.2, -0.15) is 0 Å². The first kappa shape index (κ1) is 24.8. The van der Waals surface area contributed by atoms with Crippen LogP contribution < -0.4 is 0 Å². The number of rotatable bonds is 7. The molecule has 0 aliphatic carbocycles. The van der Waals surface area contributed by atoms with Gasteiger partial charge in [-0.25, -0.2) is 0 Å². The average Bonchev–Trinajstić information content (AvgIpc) is 3.30. The smallest absolute Gasteiger partial charge is 0.254 e. The van der Waals surface area contributed by atoms with Gasteiger partial charge < -0.3 is 9.80 Å². The number of fused-ring (bicyclic) bond motifs is 1. The van der Waals surface area contributed by atoms with Crippen molar-refractivity contribution < 1.29 is 9.59 Å². The summed E-state index contributed by atoms with van der Waals surface area (Å²) in [4.78, 5) is 31.8. The molecule has 0 N–H and O–H groups in total. The van der Waals surface area contributed by atoms with E-state index in [0.717, 1.165) is 36.0 Å². The van der Waals surface area contributed by atoms with Crippen LogP contribution in [0.25, 0.3) is 0 Å². The molecule has 0 saturated carbocycles. The van der Waals surface area contributed by atoms with Gasteiger partial charge in [0.2, 0.25) is 5.91 Å². The molecule has 1 aliphatic rings. The normalized spacial score (nSPS) is 15.2. The van der Waals surface area contributed by atoms with E-state index in [2.05, 4.69) is 18.4 Å². The standard InChI is InChI=1S/C27H28Cl2N2O2S/c1-3-4-13-30(27(33)19-7-5-18(2)6-8-19)17-25(32)31-14-11-24-22(12-15-34-24)26(31)21-10-9-20(28)16-23(21)29/h5-10,12,15-16,26H,3-4,11,13-14,17H2,1-2H3. The Kier molecular flexibility index (Phi) is 7.97. The Morgan fingerprint density at radius 2 is 1.85 bits per heavy atom. The lowest BCUT2D eigenvalue weighted by Crippen LogP contribution is -2.47. The van der Waals surface area contributed by atoms with Crippen molar-refractivity contribution >= 4 is 46.4 Å².